The summed E-state index contributed by atoms with van der Waals surface area (Å²) in [4.78, 5) is 22.8. The number of aryl methyl sites for hydroxylation is 1. The van der Waals surface area contributed by atoms with Crippen molar-refractivity contribution in [1.29, 1.82) is 0 Å². The Morgan fingerprint density at radius 1 is 1.33 bits per heavy atom. The first-order chi connectivity index (χ1) is 11.1. The lowest BCUT2D eigenvalue weighted by atomic mass is 10.1. The molecule has 1 aliphatic heterocycles. The molecule has 1 fully saturated rings. The molecule has 1 saturated heterocycles. The molecule has 0 saturated carbocycles. The third kappa shape index (κ3) is 6.35. The summed E-state index contributed by atoms with van der Waals surface area (Å²) >= 11 is 0. The molecule has 1 aliphatic rings. The van der Waals surface area contributed by atoms with Gasteiger partial charge in [0, 0.05) is 18.5 Å². The lowest BCUT2D eigenvalue weighted by Gasteiger charge is -2.17. The Balaban J connectivity index is 0.00000288. The van der Waals surface area contributed by atoms with Gasteiger partial charge in [-0.15, -0.1) is 12.4 Å². The molecule has 2 rings (SSSR count). The van der Waals surface area contributed by atoms with Crippen LogP contribution in [0.1, 0.15) is 17.5 Å². The Morgan fingerprint density at radius 3 is 2.79 bits per heavy atom. The minimum atomic E-state index is -0.360. The molecule has 0 bridgehead atoms. The van der Waals surface area contributed by atoms with Crippen LogP contribution in [0, 0.1) is 6.92 Å². The standard InChI is InChI=1S/C16H23N3O4.ClH/c1-11-2-3-12(8-18-16(21)9-19-15(20)7-17)14(6-11)23-13-4-5-22-10-13;/h2-3,6,13H,4-5,7-10,17H2,1H3,(H,18,21)(H,19,20);1H. The second-order valence-electron chi connectivity index (χ2n) is 5.47. The van der Waals surface area contributed by atoms with Crippen molar-refractivity contribution in [1.82, 2.24) is 10.6 Å². The first kappa shape index (κ1) is 20.2. The predicted molar refractivity (Wildman–Crippen MR) is 92.2 cm³/mol. The topological polar surface area (TPSA) is 103 Å². The summed E-state index contributed by atoms with van der Waals surface area (Å²) in [6.07, 6.45) is 0.917. The summed E-state index contributed by atoms with van der Waals surface area (Å²) in [6.45, 7) is 3.40. The summed E-state index contributed by atoms with van der Waals surface area (Å²) in [6, 6.07) is 5.85. The van der Waals surface area contributed by atoms with E-state index < -0.39 is 0 Å². The number of hydrogen-bond donors (Lipinski definition) is 3. The summed E-state index contributed by atoms with van der Waals surface area (Å²) in [5.74, 6) is 0.120. The minimum absolute atomic E-state index is 0. The minimum Gasteiger partial charge on any atom is -0.488 e. The van der Waals surface area contributed by atoms with Gasteiger partial charge in [-0.25, -0.2) is 0 Å². The Morgan fingerprint density at radius 2 is 2.12 bits per heavy atom. The maximum Gasteiger partial charge on any atom is 0.239 e. The fraction of sp³-hybridized carbons (Fsp3) is 0.500. The van der Waals surface area contributed by atoms with Gasteiger partial charge in [0.2, 0.25) is 11.8 Å². The predicted octanol–water partition coefficient (Wildman–Crippen LogP) is 0.276. The zero-order chi connectivity index (χ0) is 16.7. The van der Waals surface area contributed by atoms with Crippen LogP contribution in [0.2, 0.25) is 0 Å². The SMILES string of the molecule is Cc1ccc(CNC(=O)CNC(=O)CN)c(OC2CCOC2)c1.Cl. The number of carbonyl (C=O) groups is 2. The molecule has 4 N–H and O–H groups in total. The number of carbonyl (C=O) groups excluding carboxylic acids is 2. The number of amides is 2. The zero-order valence-corrected chi connectivity index (χ0v) is 14.5. The van der Waals surface area contributed by atoms with Gasteiger partial charge in [-0.2, -0.15) is 0 Å². The Kier molecular flexibility index (Phi) is 8.53. The third-order valence-corrected chi connectivity index (χ3v) is 3.51. The van der Waals surface area contributed by atoms with E-state index in [2.05, 4.69) is 10.6 Å². The monoisotopic (exact) mass is 357 g/mol. The molecule has 2 amide bonds. The second kappa shape index (κ2) is 10.1. The maximum atomic E-state index is 11.7. The molecule has 0 aromatic heterocycles. The van der Waals surface area contributed by atoms with Crippen LogP contribution in [0.5, 0.6) is 5.75 Å². The Hall–Kier alpha value is -1.83. The summed E-state index contributed by atoms with van der Waals surface area (Å²) < 4.78 is 11.3. The highest BCUT2D eigenvalue weighted by Crippen LogP contribution is 2.23. The lowest BCUT2D eigenvalue weighted by molar-refractivity contribution is -0.125. The van der Waals surface area contributed by atoms with Crippen LogP contribution >= 0.6 is 12.4 Å². The molecule has 1 aromatic rings. The van der Waals surface area contributed by atoms with Crippen molar-refractivity contribution in [2.45, 2.75) is 26.0 Å². The van der Waals surface area contributed by atoms with Gasteiger partial charge in [0.05, 0.1) is 26.3 Å². The lowest BCUT2D eigenvalue weighted by Crippen LogP contribution is -2.39. The highest BCUT2D eigenvalue weighted by atomic mass is 35.5. The molecule has 1 unspecified atom stereocenters. The number of ether oxygens (including phenoxy) is 2. The highest BCUT2D eigenvalue weighted by Gasteiger charge is 2.18. The molecule has 0 spiro atoms. The molecule has 1 aromatic carbocycles. The van der Waals surface area contributed by atoms with E-state index >= 15 is 0 Å². The normalized spacial score (nSPS) is 16.2. The maximum absolute atomic E-state index is 11.7. The van der Waals surface area contributed by atoms with Crippen LogP contribution in [-0.2, 0) is 20.9 Å². The van der Waals surface area contributed by atoms with Crippen molar-refractivity contribution in [3.05, 3.63) is 29.3 Å². The summed E-state index contributed by atoms with van der Waals surface area (Å²) in [7, 11) is 0. The van der Waals surface area contributed by atoms with Crippen molar-refractivity contribution in [3.63, 3.8) is 0 Å². The number of nitrogens with one attached hydrogen (secondary N) is 2. The average molecular weight is 358 g/mol. The number of hydrogen-bond acceptors (Lipinski definition) is 5. The number of benzene rings is 1. The van der Waals surface area contributed by atoms with Gasteiger partial charge in [-0.3, -0.25) is 9.59 Å². The van der Waals surface area contributed by atoms with Crippen LogP contribution < -0.4 is 21.1 Å². The van der Waals surface area contributed by atoms with Crippen LogP contribution in [0.4, 0.5) is 0 Å². The number of rotatable bonds is 7. The van der Waals surface area contributed by atoms with E-state index in [1.165, 1.54) is 0 Å². The van der Waals surface area contributed by atoms with Crippen LogP contribution in [0.25, 0.3) is 0 Å². The zero-order valence-electron chi connectivity index (χ0n) is 13.7. The fourth-order valence-corrected chi connectivity index (χ4v) is 2.21. The molecule has 0 aliphatic carbocycles. The quantitative estimate of drug-likeness (QED) is 0.650. The first-order valence-electron chi connectivity index (χ1n) is 7.66. The molecule has 24 heavy (non-hydrogen) atoms. The van der Waals surface area contributed by atoms with Crippen molar-refractivity contribution in [2.24, 2.45) is 5.73 Å². The summed E-state index contributed by atoms with van der Waals surface area (Å²) in [5.41, 5.74) is 7.14. The van der Waals surface area contributed by atoms with E-state index in [9.17, 15) is 9.59 Å². The van der Waals surface area contributed by atoms with Crippen molar-refractivity contribution < 1.29 is 19.1 Å². The molecular formula is C16H24ClN3O4. The fourth-order valence-electron chi connectivity index (χ4n) is 2.21. The molecule has 8 heteroatoms. The third-order valence-electron chi connectivity index (χ3n) is 3.51. The Bertz CT molecular complexity index is 562. The molecule has 134 valence electrons. The molecular weight excluding hydrogens is 334 g/mol. The second-order valence-corrected chi connectivity index (χ2v) is 5.47. The van der Waals surface area contributed by atoms with E-state index in [0.29, 0.717) is 19.8 Å². The van der Waals surface area contributed by atoms with E-state index in [1.807, 2.05) is 25.1 Å². The summed E-state index contributed by atoms with van der Waals surface area (Å²) in [5, 5.41) is 5.18. The van der Waals surface area contributed by atoms with Crippen molar-refractivity contribution >= 4 is 24.2 Å². The first-order valence-corrected chi connectivity index (χ1v) is 7.66. The number of halogens is 1. The average Bonchev–Trinajstić information content (AvgIpc) is 3.04. The van der Waals surface area contributed by atoms with Gasteiger partial charge in [0.25, 0.3) is 0 Å². The van der Waals surface area contributed by atoms with Gasteiger partial charge in [0.1, 0.15) is 11.9 Å². The van der Waals surface area contributed by atoms with Crippen LogP contribution in [0.3, 0.4) is 0 Å². The number of nitrogens with two attached hydrogens (primary N) is 1. The highest BCUT2D eigenvalue weighted by molar-refractivity contribution is 5.85. The van der Waals surface area contributed by atoms with E-state index in [4.69, 9.17) is 15.2 Å². The largest absolute Gasteiger partial charge is 0.488 e. The van der Waals surface area contributed by atoms with Gasteiger partial charge >= 0.3 is 0 Å². The molecule has 1 heterocycles. The smallest absolute Gasteiger partial charge is 0.239 e. The van der Waals surface area contributed by atoms with Crippen LogP contribution in [-0.4, -0.2) is 44.2 Å². The molecule has 1 atom stereocenters. The van der Waals surface area contributed by atoms with Gasteiger partial charge in [0.15, 0.2) is 0 Å². The van der Waals surface area contributed by atoms with E-state index in [0.717, 1.165) is 23.3 Å². The molecule has 7 nitrogen and oxygen atoms in total. The Labute approximate surface area is 147 Å². The molecule has 0 radical (unpaired) electrons. The van der Waals surface area contributed by atoms with Crippen molar-refractivity contribution in [3.8, 4) is 5.75 Å². The van der Waals surface area contributed by atoms with E-state index in [-0.39, 0.29) is 43.4 Å². The van der Waals surface area contributed by atoms with Gasteiger partial charge in [-0.1, -0.05) is 12.1 Å². The van der Waals surface area contributed by atoms with E-state index in [1.54, 1.807) is 0 Å². The van der Waals surface area contributed by atoms with Gasteiger partial charge in [-0.05, 0) is 18.6 Å². The van der Waals surface area contributed by atoms with Crippen molar-refractivity contribution in [2.75, 3.05) is 26.3 Å². The van der Waals surface area contributed by atoms with Gasteiger partial charge < -0.3 is 25.8 Å². The van der Waals surface area contributed by atoms with Crippen LogP contribution in [0.15, 0.2) is 18.2 Å².